The van der Waals surface area contributed by atoms with Crippen LogP contribution in [0.4, 0.5) is 0 Å². The molecule has 1 heterocycles. The molecule has 0 fully saturated rings. The Morgan fingerprint density at radius 3 is 2.44 bits per heavy atom. The number of carbonyl (C=O) groups excluding carboxylic acids is 2. The van der Waals surface area contributed by atoms with Crippen molar-refractivity contribution in [2.24, 2.45) is 0 Å². The van der Waals surface area contributed by atoms with E-state index in [2.05, 4.69) is 27.9 Å². The molecule has 10 nitrogen and oxygen atoms in total. The first-order valence-corrected chi connectivity index (χ1v) is 15.6. The summed E-state index contributed by atoms with van der Waals surface area (Å²) in [7, 11) is 3.11. The number of ether oxygens (including phenoxy) is 3. The molecule has 0 bridgehead atoms. The molecule has 3 aromatic carbocycles. The Bertz CT molecular complexity index is 1690. The number of furan rings is 1. The lowest BCUT2D eigenvalue weighted by atomic mass is 9.87. The topological polar surface area (TPSA) is 131 Å². The summed E-state index contributed by atoms with van der Waals surface area (Å²) in [4.78, 5) is 29.1. The molecule has 1 aliphatic rings. The molecule has 0 saturated carbocycles. The molecule has 1 aliphatic carbocycles. The van der Waals surface area contributed by atoms with E-state index in [9.17, 15) is 19.8 Å². The average molecular weight is 727 g/mol. The standard InChI is InChI=1S/C34H35IN2O8/c1-42-26-11-5-3-8-21(26)14-16-37(34(41)30-19-22-9-7-13-28(43-2)32(22)45-30)25-18-23(33(40)36-15-17-38)20-29(31(25)39)44-27-12-6-4-10-24(27)35/h3-13,19-20,25,29,31,38-39H,14-18H2,1-2H3,(H,36,40)/t25-,29+,31+/m1/s1. The molecular weight excluding hydrogens is 691 g/mol. The fourth-order valence-corrected chi connectivity index (χ4v) is 5.99. The van der Waals surface area contributed by atoms with Crippen molar-refractivity contribution in [1.82, 2.24) is 10.2 Å². The molecule has 11 heteroatoms. The van der Waals surface area contributed by atoms with Crippen molar-refractivity contribution in [2.75, 3.05) is 33.9 Å². The fourth-order valence-electron chi connectivity index (χ4n) is 5.48. The zero-order valence-corrected chi connectivity index (χ0v) is 27.1. The van der Waals surface area contributed by atoms with Crippen molar-refractivity contribution >= 4 is 45.4 Å². The Morgan fingerprint density at radius 1 is 1.00 bits per heavy atom. The van der Waals surface area contributed by atoms with Gasteiger partial charge in [0.25, 0.3) is 5.91 Å². The molecule has 0 radical (unpaired) electrons. The first-order chi connectivity index (χ1) is 21.8. The van der Waals surface area contributed by atoms with E-state index in [0.717, 1.165) is 9.13 Å². The molecule has 3 atom stereocenters. The molecule has 4 aromatic rings. The Balaban J connectivity index is 1.54. The van der Waals surface area contributed by atoms with Crippen LogP contribution < -0.4 is 19.5 Å². The maximum Gasteiger partial charge on any atom is 0.289 e. The zero-order chi connectivity index (χ0) is 31.9. The van der Waals surface area contributed by atoms with Crippen molar-refractivity contribution in [2.45, 2.75) is 31.1 Å². The van der Waals surface area contributed by atoms with Crippen molar-refractivity contribution in [1.29, 1.82) is 0 Å². The molecule has 3 N–H and O–H groups in total. The number of para-hydroxylation sites is 3. The maximum absolute atomic E-state index is 14.4. The zero-order valence-electron chi connectivity index (χ0n) is 24.9. The number of benzene rings is 3. The number of halogens is 1. The van der Waals surface area contributed by atoms with E-state index in [4.69, 9.17) is 18.6 Å². The minimum absolute atomic E-state index is 0.0470. The SMILES string of the molecule is COc1ccccc1CCN(C(=O)c1cc2cccc(OC)c2o1)[C@@H]1CC(C(=O)NCCO)=C[C@H](Oc2ccccc2I)[C@H]1O. The van der Waals surface area contributed by atoms with Crippen LogP contribution in [-0.4, -0.2) is 79.1 Å². The third-order valence-electron chi connectivity index (χ3n) is 7.73. The van der Waals surface area contributed by atoms with E-state index < -0.39 is 30.1 Å². The number of methoxy groups -OCH3 is 2. The number of amides is 2. The van der Waals surface area contributed by atoms with E-state index in [1.54, 1.807) is 36.3 Å². The molecule has 0 spiro atoms. The summed E-state index contributed by atoms with van der Waals surface area (Å²) < 4.78 is 24.1. The number of nitrogens with zero attached hydrogens (tertiary/aromatic N) is 1. The van der Waals surface area contributed by atoms with Crippen LogP contribution in [0.2, 0.25) is 0 Å². The quantitative estimate of drug-likeness (QED) is 0.184. The second-order valence-electron chi connectivity index (χ2n) is 10.5. The van der Waals surface area contributed by atoms with Crippen LogP contribution >= 0.6 is 22.6 Å². The molecule has 1 aromatic heterocycles. The largest absolute Gasteiger partial charge is 0.496 e. The third kappa shape index (κ3) is 7.26. The summed E-state index contributed by atoms with van der Waals surface area (Å²) >= 11 is 2.14. The fraction of sp³-hybridized carbons (Fsp3) is 0.294. The van der Waals surface area contributed by atoms with E-state index in [-0.39, 0.29) is 31.9 Å². The maximum atomic E-state index is 14.4. The molecule has 0 unspecified atom stereocenters. The minimum Gasteiger partial charge on any atom is -0.496 e. The number of fused-ring (bicyclic) bond motifs is 1. The predicted molar refractivity (Wildman–Crippen MR) is 177 cm³/mol. The van der Waals surface area contributed by atoms with E-state index in [1.807, 2.05) is 54.6 Å². The Kier molecular flexibility index (Phi) is 10.6. The van der Waals surface area contributed by atoms with Gasteiger partial charge in [0.2, 0.25) is 5.91 Å². The van der Waals surface area contributed by atoms with Gasteiger partial charge in [0.05, 0.1) is 30.4 Å². The highest BCUT2D eigenvalue weighted by Gasteiger charge is 2.41. The number of rotatable bonds is 12. The molecular formula is C34H35IN2O8. The monoisotopic (exact) mass is 726 g/mol. The average Bonchev–Trinajstić information content (AvgIpc) is 3.51. The first-order valence-electron chi connectivity index (χ1n) is 14.5. The second-order valence-corrected chi connectivity index (χ2v) is 11.7. The number of aliphatic hydroxyl groups is 2. The summed E-state index contributed by atoms with van der Waals surface area (Å²) in [6, 6.07) is 21.0. The Labute approximate surface area is 274 Å². The van der Waals surface area contributed by atoms with Crippen LogP contribution in [0, 0.1) is 3.57 Å². The smallest absolute Gasteiger partial charge is 0.289 e. The molecule has 0 saturated heterocycles. The summed E-state index contributed by atoms with van der Waals surface area (Å²) in [5.74, 6) is 0.885. The van der Waals surface area contributed by atoms with Gasteiger partial charge in [-0.25, -0.2) is 0 Å². The van der Waals surface area contributed by atoms with Crippen molar-refractivity contribution < 1.29 is 38.4 Å². The van der Waals surface area contributed by atoms with Crippen molar-refractivity contribution in [3.05, 3.63) is 99.3 Å². The van der Waals surface area contributed by atoms with Crippen LogP contribution in [0.5, 0.6) is 17.2 Å². The molecule has 0 aliphatic heterocycles. The Hall–Kier alpha value is -4.07. The highest BCUT2D eigenvalue weighted by atomic mass is 127. The normalized spacial score (nSPS) is 17.8. The lowest BCUT2D eigenvalue weighted by molar-refractivity contribution is -0.118. The van der Waals surface area contributed by atoms with Gasteiger partial charge in [-0.3, -0.25) is 9.59 Å². The summed E-state index contributed by atoms with van der Waals surface area (Å²) in [5.41, 5.74) is 1.63. The van der Waals surface area contributed by atoms with Crippen LogP contribution in [0.15, 0.2) is 88.9 Å². The lowest BCUT2D eigenvalue weighted by Crippen LogP contribution is -2.55. The number of carbonyl (C=O) groups is 2. The van der Waals surface area contributed by atoms with Gasteiger partial charge in [0.15, 0.2) is 17.1 Å². The third-order valence-corrected chi connectivity index (χ3v) is 8.62. The van der Waals surface area contributed by atoms with E-state index in [0.29, 0.717) is 40.2 Å². The Morgan fingerprint density at radius 2 is 1.71 bits per heavy atom. The van der Waals surface area contributed by atoms with Gasteiger partial charge in [-0.15, -0.1) is 0 Å². The predicted octanol–water partition coefficient (Wildman–Crippen LogP) is 4.36. The van der Waals surface area contributed by atoms with Crippen LogP contribution in [0.25, 0.3) is 11.0 Å². The van der Waals surface area contributed by atoms with Gasteiger partial charge in [0, 0.05) is 30.5 Å². The number of aliphatic hydroxyl groups excluding tert-OH is 2. The van der Waals surface area contributed by atoms with Gasteiger partial charge in [-0.1, -0.05) is 42.5 Å². The minimum atomic E-state index is -1.20. The molecule has 236 valence electrons. The van der Waals surface area contributed by atoms with Crippen molar-refractivity contribution in [3.63, 3.8) is 0 Å². The number of hydrogen-bond acceptors (Lipinski definition) is 8. The number of hydrogen-bond donors (Lipinski definition) is 3. The number of nitrogens with one attached hydrogen (secondary N) is 1. The molecule has 5 rings (SSSR count). The molecule has 2 amide bonds. The van der Waals surface area contributed by atoms with E-state index in [1.165, 1.54) is 7.11 Å². The van der Waals surface area contributed by atoms with Gasteiger partial charge in [0.1, 0.15) is 23.7 Å². The highest BCUT2D eigenvalue weighted by Crippen LogP contribution is 2.33. The van der Waals surface area contributed by atoms with Gasteiger partial charge in [-0.05, 0) is 71.0 Å². The van der Waals surface area contributed by atoms with Crippen LogP contribution in [0.1, 0.15) is 22.5 Å². The lowest BCUT2D eigenvalue weighted by Gasteiger charge is -2.40. The summed E-state index contributed by atoms with van der Waals surface area (Å²) in [6.45, 7) is 0.00521. The summed E-state index contributed by atoms with van der Waals surface area (Å²) in [6.07, 6.45) is -0.111. The van der Waals surface area contributed by atoms with Crippen LogP contribution in [0.3, 0.4) is 0 Å². The molecule has 45 heavy (non-hydrogen) atoms. The second kappa shape index (κ2) is 14.8. The first kappa shape index (κ1) is 32.3. The van der Waals surface area contributed by atoms with Gasteiger partial charge in [-0.2, -0.15) is 0 Å². The van der Waals surface area contributed by atoms with E-state index >= 15 is 0 Å². The van der Waals surface area contributed by atoms with Crippen LogP contribution in [-0.2, 0) is 11.2 Å². The van der Waals surface area contributed by atoms with Crippen molar-refractivity contribution in [3.8, 4) is 17.2 Å². The highest BCUT2D eigenvalue weighted by molar-refractivity contribution is 14.1. The summed E-state index contributed by atoms with van der Waals surface area (Å²) in [5, 5.41) is 24.5. The van der Waals surface area contributed by atoms with Gasteiger partial charge >= 0.3 is 0 Å². The van der Waals surface area contributed by atoms with Gasteiger partial charge < -0.3 is 39.1 Å².